The van der Waals surface area contributed by atoms with Gasteiger partial charge in [0.2, 0.25) is 6.79 Å². The molecule has 0 saturated carbocycles. The molecule has 6 nitrogen and oxygen atoms in total. The van der Waals surface area contributed by atoms with Crippen LogP contribution < -0.4 is 9.47 Å². The third-order valence-electron chi connectivity index (χ3n) is 5.08. The Morgan fingerprint density at radius 1 is 1.04 bits per heavy atom. The molecule has 0 spiro atoms. The number of carbonyl (C=O) groups excluding carboxylic acids is 1. The molecule has 1 fully saturated rings. The molecule has 2 aliphatic heterocycles. The summed E-state index contributed by atoms with van der Waals surface area (Å²) in [5.41, 5.74) is 2.28. The van der Waals surface area contributed by atoms with Crippen molar-refractivity contribution >= 4 is 5.91 Å². The molecule has 5 rings (SSSR count). The maximum Gasteiger partial charge on any atom is 0.276 e. The number of carbonyl (C=O) groups is 1. The Hall–Kier alpha value is -3.28. The molecule has 136 valence electrons. The van der Waals surface area contributed by atoms with Crippen LogP contribution >= 0.6 is 0 Å². The van der Waals surface area contributed by atoms with Crippen molar-refractivity contribution in [2.75, 3.05) is 13.3 Å². The van der Waals surface area contributed by atoms with Gasteiger partial charge in [0.1, 0.15) is 0 Å². The smallest absolute Gasteiger partial charge is 0.276 e. The second kappa shape index (κ2) is 6.46. The number of rotatable bonds is 3. The Morgan fingerprint density at radius 3 is 2.78 bits per heavy atom. The molecule has 1 aromatic heterocycles. The summed E-state index contributed by atoms with van der Waals surface area (Å²) in [4.78, 5) is 14.9. The second-order valence-electron chi connectivity index (χ2n) is 6.71. The topological polar surface area (TPSA) is 64.8 Å². The predicted octanol–water partition coefficient (Wildman–Crippen LogP) is 4.05. The van der Waals surface area contributed by atoms with Gasteiger partial charge >= 0.3 is 0 Å². The van der Waals surface area contributed by atoms with E-state index >= 15 is 0 Å². The number of benzene rings is 2. The zero-order chi connectivity index (χ0) is 18.2. The van der Waals surface area contributed by atoms with Crippen LogP contribution in [0.4, 0.5) is 0 Å². The lowest BCUT2D eigenvalue weighted by Gasteiger charge is -2.24. The summed E-state index contributed by atoms with van der Waals surface area (Å²) in [6, 6.07) is 17.4. The van der Waals surface area contributed by atoms with Crippen molar-refractivity contribution < 1.29 is 18.8 Å². The minimum Gasteiger partial charge on any atom is -0.454 e. The monoisotopic (exact) mass is 362 g/mol. The molecule has 1 amide bonds. The van der Waals surface area contributed by atoms with Gasteiger partial charge in [0.15, 0.2) is 23.0 Å². The third-order valence-corrected chi connectivity index (χ3v) is 5.08. The molecule has 1 atom stereocenters. The fourth-order valence-corrected chi connectivity index (χ4v) is 3.74. The van der Waals surface area contributed by atoms with Crippen LogP contribution in [0.25, 0.3) is 11.3 Å². The summed E-state index contributed by atoms with van der Waals surface area (Å²) in [5, 5.41) is 4.02. The Bertz CT molecular complexity index is 983. The van der Waals surface area contributed by atoms with Gasteiger partial charge in [-0.1, -0.05) is 35.5 Å². The first-order valence-electron chi connectivity index (χ1n) is 9.02. The quantitative estimate of drug-likeness (QED) is 0.703. The Kier molecular flexibility index (Phi) is 3.81. The Labute approximate surface area is 156 Å². The van der Waals surface area contributed by atoms with Crippen LogP contribution in [0.3, 0.4) is 0 Å². The first-order valence-corrected chi connectivity index (χ1v) is 9.02. The van der Waals surface area contributed by atoms with Crippen LogP contribution in [0.15, 0.2) is 59.1 Å². The SMILES string of the molecule is O=C(c1cc(-c2ccc3c(c2)OCO3)on1)N1CCC[C@H]1c1ccccc1. The van der Waals surface area contributed by atoms with E-state index < -0.39 is 0 Å². The summed E-state index contributed by atoms with van der Waals surface area (Å²) in [6.07, 6.45) is 1.95. The first kappa shape index (κ1) is 15.9. The molecular weight excluding hydrogens is 344 g/mol. The largest absolute Gasteiger partial charge is 0.454 e. The van der Waals surface area contributed by atoms with Crippen LogP contribution in [-0.4, -0.2) is 29.3 Å². The van der Waals surface area contributed by atoms with Gasteiger partial charge in [0.25, 0.3) is 5.91 Å². The number of hydrogen-bond acceptors (Lipinski definition) is 5. The van der Waals surface area contributed by atoms with Crippen molar-refractivity contribution in [1.29, 1.82) is 0 Å². The van der Waals surface area contributed by atoms with Gasteiger partial charge in [-0.3, -0.25) is 4.79 Å². The van der Waals surface area contributed by atoms with Crippen molar-refractivity contribution in [1.82, 2.24) is 10.1 Å². The van der Waals surface area contributed by atoms with E-state index in [1.807, 2.05) is 41.3 Å². The Morgan fingerprint density at radius 2 is 1.89 bits per heavy atom. The van der Waals surface area contributed by atoms with E-state index in [1.54, 1.807) is 6.07 Å². The average Bonchev–Trinajstić information content (AvgIpc) is 3.47. The lowest BCUT2D eigenvalue weighted by Crippen LogP contribution is -2.30. The van der Waals surface area contributed by atoms with E-state index in [1.165, 1.54) is 0 Å². The predicted molar refractivity (Wildman–Crippen MR) is 97.5 cm³/mol. The zero-order valence-corrected chi connectivity index (χ0v) is 14.6. The number of amides is 1. The summed E-state index contributed by atoms with van der Waals surface area (Å²) >= 11 is 0. The van der Waals surface area contributed by atoms with Crippen LogP contribution in [-0.2, 0) is 0 Å². The van der Waals surface area contributed by atoms with Crippen molar-refractivity contribution in [3.05, 3.63) is 65.9 Å². The molecule has 0 radical (unpaired) electrons. The van der Waals surface area contributed by atoms with Crippen molar-refractivity contribution in [2.24, 2.45) is 0 Å². The van der Waals surface area contributed by atoms with Crippen LogP contribution in [0.1, 0.15) is 34.9 Å². The van der Waals surface area contributed by atoms with E-state index in [4.69, 9.17) is 14.0 Å². The van der Waals surface area contributed by atoms with Crippen LogP contribution in [0.5, 0.6) is 11.5 Å². The standard InChI is InChI=1S/C21H18N2O4/c24-21(23-10-4-7-17(23)14-5-2-1-3-6-14)16-12-19(27-22-16)15-8-9-18-20(11-15)26-13-25-18/h1-3,5-6,8-9,11-12,17H,4,7,10,13H2/t17-/m0/s1. The molecule has 1 saturated heterocycles. The van der Waals surface area contributed by atoms with Crippen molar-refractivity contribution in [3.8, 4) is 22.8 Å². The minimum atomic E-state index is -0.0999. The molecule has 0 bridgehead atoms. The summed E-state index contributed by atoms with van der Waals surface area (Å²) < 4.78 is 16.2. The first-order chi connectivity index (χ1) is 13.3. The lowest BCUT2D eigenvalue weighted by atomic mass is 10.0. The van der Waals surface area contributed by atoms with E-state index in [2.05, 4.69) is 17.3 Å². The van der Waals surface area contributed by atoms with E-state index in [0.29, 0.717) is 23.0 Å². The normalized spacial score (nSPS) is 18.1. The van der Waals surface area contributed by atoms with E-state index in [-0.39, 0.29) is 18.7 Å². The number of aromatic nitrogens is 1. The molecule has 3 aromatic rings. The van der Waals surface area contributed by atoms with Crippen molar-refractivity contribution in [3.63, 3.8) is 0 Å². The molecule has 27 heavy (non-hydrogen) atoms. The summed E-state index contributed by atoms with van der Waals surface area (Å²) in [5.74, 6) is 1.81. The minimum absolute atomic E-state index is 0.0874. The van der Waals surface area contributed by atoms with Gasteiger partial charge in [-0.15, -0.1) is 0 Å². The lowest BCUT2D eigenvalue weighted by molar-refractivity contribution is 0.0725. The average molecular weight is 362 g/mol. The molecule has 2 aromatic carbocycles. The number of likely N-dealkylation sites (tertiary alicyclic amines) is 1. The molecule has 6 heteroatoms. The zero-order valence-electron chi connectivity index (χ0n) is 14.6. The highest BCUT2D eigenvalue weighted by Gasteiger charge is 2.32. The van der Waals surface area contributed by atoms with Crippen LogP contribution in [0.2, 0.25) is 0 Å². The van der Waals surface area contributed by atoms with Crippen LogP contribution in [0, 0.1) is 0 Å². The molecule has 0 unspecified atom stereocenters. The van der Waals surface area contributed by atoms with Gasteiger partial charge in [0, 0.05) is 18.2 Å². The van der Waals surface area contributed by atoms with Gasteiger partial charge in [-0.05, 0) is 36.6 Å². The van der Waals surface area contributed by atoms with Gasteiger partial charge in [-0.25, -0.2) is 0 Å². The number of ether oxygens (including phenoxy) is 2. The van der Waals surface area contributed by atoms with E-state index in [9.17, 15) is 4.79 Å². The maximum absolute atomic E-state index is 13.0. The number of fused-ring (bicyclic) bond motifs is 1. The summed E-state index contributed by atoms with van der Waals surface area (Å²) in [7, 11) is 0. The highest BCUT2D eigenvalue weighted by molar-refractivity contribution is 5.93. The maximum atomic E-state index is 13.0. The number of nitrogens with zero attached hydrogens (tertiary/aromatic N) is 2. The molecule has 0 N–H and O–H groups in total. The number of hydrogen-bond donors (Lipinski definition) is 0. The Balaban J connectivity index is 1.40. The summed E-state index contributed by atoms with van der Waals surface area (Å²) in [6.45, 7) is 0.944. The third kappa shape index (κ3) is 2.83. The highest BCUT2D eigenvalue weighted by atomic mass is 16.7. The molecule has 2 aliphatic rings. The molecule has 0 aliphatic carbocycles. The fraction of sp³-hybridized carbons (Fsp3) is 0.238. The van der Waals surface area contributed by atoms with Gasteiger partial charge in [0.05, 0.1) is 6.04 Å². The molecular formula is C21H18N2O4. The van der Waals surface area contributed by atoms with Gasteiger partial charge in [-0.2, -0.15) is 0 Å². The van der Waals surface area contributed by atoms with E-state index in [0.717, 1.165) is 30.5 Å². The highest BCUT2D eigenvalue weighted by Crippen LogP contribution is 2.37. The fourth-order valence-electron chi connectivity index (χ4n) is 3.74. The van der Waals surface area contributed by atoms with Gasteiger partial charge < -0.3 is 18.9 Å². The van der Waals surface area contributed by atoms with Crippen molar-refractivity contribution in [2.45, 2.75) is 18.9 Å². The second-order valence-corrected chi connectivity index (χ2v) is 6.71. The molecule has 3 heterocycles.